The number of hydrogen-bond acceptors (Lipinski definition) is 2. The van der Waals surface area contributed by atoms with Gasteiger partial charge in [-0.15, -0.1) is 12.6 Å². The molecule has 0 aliphatic rings. The molecular weight excluding hydrogens is 228 g/mol. The molecule has 0 aliphatic carbocycles. The van der Waals surface area contributed by atoms with E-state index in [1.807, 2.05) is 36.4 Å². The van der Waals surface area contributed by atoms with Gasteiger partial charge in [0, 0.05) is 17.4 Å². The Kier molecular flexibility index (Phi) is 4.24. The monoisotopic (exact) mass is 244 g/mol. The van der Waals surface area contributed by atoms with Crippen LogP contribution in [0.5, 0.6) is 0 Å². The van der Waals surface area contributed by atoms with Crippen LogP contribution in [-0.4, -0.2) is 11.7 Å². The van der Waals surface area contributed by atoms with Gasteiger partial charge in [0.15, 0.2) is 0 Å². The molecule has 1 atom stereocenters. The minimum absolute atomic E-state index is 0.182. The van der Waals surface area contributed by atoms with Crippen LogP contribution < -0.4 is 0 Å². The highest BCUT2D eigenvalue weighted by atomic mass is 32.1. The molecule has 0 radical (unpaired) electrons. The van der Waals surface area contributed by atoms with Gasteiger partial charge in [-0.05, 0) is 23.6 Å². The fourth-order valence-electron chi connectivity index (χ4n) is 2.10. The van der Waals surface area contributed by atoms with Gasteiger partial charge in [0.2, 0.25) is 0 Å². The van der Waals surface area contributed by atoms with Crippen molar-refractivity contribution in [3.05, 3.63) is 65.7 Å². The van der Waals surface area contributed by atoms with Crippen LogP contribution in [0.3, 0.4) is 0 Å². The third-order valence-electron chi connectivity index (χ3n) is 2.93. The second kappa shape index (κ2) is 5.89. The molecule has 0 saturated carbocycles. The van der Waals surface area contributed by atoms with Crippen LogP contribution in [0.4, 0.5) is 0 Å². The first-order valence-electron chi connectivity index (χ1n) is 5.76. The van der Waals surface area contributed by atoms with Crippen LogP contribution in [0.15, 0.2) is 59.5 Å². The van der Waals surface area contributed by atoms with Crippen LogP contribution in [0.1, 0.15) is 23.5 Å². The molecule has 1 nitrogen and oxygen atoms in total. The Labute approximate surface area is 108 Å². The van der Waals surface area contributed by atoms with Gasteiger partial charge >= 0.3 is 0 Å². The Morgan fingerprint density at radius 3 is 2.24 bits per heavy atom. The van der Waals surface area contributed by atoms with Crippen molar-refractivity contribution in [1.82, 2.24) is 0 Å². The molecule has 2 aromatic rings. The van der Waals surface area contributed by atoms with Gasteiger partial charge < -0.3 is 5.11 Å². The van der Waals surface area contributed by atoms with Crippen molar-refractivity contribution in [2.24, 2.45) is 0 Å². The van der Waals surface area contributed by atoms with Crippen LogP contribution in [0, 0.1) is 0 Å². The number of aliphatic hydroxyl groups excluding tert-OH is 1. The SMILES string of the molecule is OCCC(c1ccccc1)c1ccccc1S. The summed E-state index contributed by atoms with van der Waals surface area (Å²) >= 11 is 4.50. The smallest absolute Gasteiger partial charge is 0.0440 e. The van der Waals surface area contributed by atoms with Gasteiger partial charge in [-0.2, -0.15) is 0 Å². The molecule has 88 valence electrons. The first-order chi connectivity index (χ1) is 8.33. The summed E-state index contributed by atoms with van der Waals surface area (Å²) in [5.74, 6) is 0.218. The predicted molar refractivity (Wildman–Crippen MR) is 73.7 cm³/mol. The maximum Gasteiger partial charge on any atom is 0.0440 e. The van der Waals surface area contributed by atoms with E-state index in [1.165, 1.54) is 11.1 Å². The summed E-state index contributed by atoms with van der Waals surface area (Å²) in [5, 5.41) is 9.23. The summed E-state index contributed by atoms with van der Waals surface area (Å²) in [5.41, 5.74) is 2.40. The van der Waals surface area contributed by atoms with Crippen molar-refractivity contribution in [2.45, 2.75) is 17.2 Å². The molecule has 1 unspecified atom stereocenters. The molecule has 2 aromatic carbocycles. The fourth-order valence-corrected chi connectivity index (χ4v) is 2.41. The lowest BCUT2D eigenvalue weighted by Crippen LogP contribution is -2.04. The first-order valence-corrected chi connectivity index (χ1v) is 6.21. The van der Waals surface area contributed by atoms with Gasteiger partial charge in [0.1, 0.15) is 0 Å². The summed E-state index contributed by atoms with van der Waals surface area (Å²) in [6.07, 6.45) is 0.724. The van der Waals surface area contributed by atoms with Crippen molar-refractivity contribution in [3.63, 3.8) is 0 Å². The summed E-state index contributed by atoms with van der Waals surface area (Å²) in [6.45, 7) is 0.182. The van der Waals surface area contributed by atoms with Crippen molar-refractivity contribution < 1.29 is 5.11 Å². The molecule has 0 aliphatic heterocycles. The van der Waals surface area contributed by atoms with E-state index in [2.05, 4.69) is 30.8 Å². The Morgan fingerprint density at radius 1 is 0.941 bits per heavy atom. The molecular formula is C15H16OS. The predicted octanol–water partition coefficient (Wildman–Crippen LogP) is 3.49. The minimum Gasteiger partial charge on any atom is -0.396 e. The molecule has 0 fully saturated rings. The van der Waals surface area contributed by atoms with Crippen LogP contribution >= 0.6 is 12.6 Å². The van der Waals surface area contributed by atoms with Crippen molar-refractivity contribution in [3.8, 4) is 0 Å². The molecule has 2 heteroatoms. The molecule has 0 bridgehead atoms. The second-order valence-electron chi connectivity index (χ2n) is 4.03. The third kappa shape index (κ3) is 2.90. The van der Waals surface area contributed by atoms with E-state index in [0.717, 1.165) is 11.3 Å². The van der Waals surface area contributed by atoms with Gasteiger partial charge in [0.05, 0.1) is 0 Å². The zero-order chi connectivity index (χ0) is 12.1. The largest absolute Gasteiger partial charge is 0.396 e. The molecule has 0 heterocycles. The maximum absolute atomic E-state index is 9.23. The van der Waals surface area contributed by atoms with E-state index in [1.54, 1.807) is 0 Å². The lowest BCUT2D eigenvalue weighted by atomic mass is 9.89. The highest BCUT2D eigenvalue weighted by Gasteiger charge is 2.15. The standard InChI is InChI=1S/C15H16OS/c16-11-10-13(12-6-2-1-3-7-12)14-8-4-5-9-15(14)17/h1-9,13,16-17H,10-11H2. The molecule has 1 N–H and O–H groups in total. The van der Waals surface area contributed by atoms with Gasteiger partial charge in [-0.25, -0.2) is 0 Å². The highest BCUT2D eigenvalue weighted by Crippen LogP contribution is 2.31. The Bertz CT molecular complexity index is 467. The summed E-state index contributed by atoms with van der Waals surface area (Å²) < 4.78 is 0. The van der Waals surface area contributed by atoms with E-state index >= 15 is 0 Å². The molecule has 2 rings (SSSR count). The van der Waals surface area contributed by atoms with Gasteiger partial charge in [-0.3, -0.25) is 0 Å². The number of thiol groups is 1. The van der Waals surface area contributed by atoms with E-state index in [9.17, 15) is 5.11 Å². The molecule has 0 amide bonds. The molecule has 17 heavy (non-hydrogen) atoms. The van der Waals surface area contributed by atoms with E-state index in [4.69, 9.17) is 0 Å². The Hall–Kier alpha value is -1.25. The summed E-state index contributed by atoms with van der Waals surface area (Å²) in [4.78, 5) is 0.981. The van der Waals surface area contributed by atoms with Gasteiger partial charge in [-0.1, -0.05) is 48.5 Å². The van der Waals surface area contributed by atoms with E-state index < -0.39 is 0 Å². The lowest BCUT2D eigenvalue weighted by Gasteiger charge is -2.18. The van der Waals surface area contributed by atoms with Crippen molar-refractivity contribution in [2.75, 3.05) is 6.61 Å². The minimum atomic E-state index is 0.182. The topological polar surface area (TPSA) is 20.2 Å². The highest BCUT2D eigenvalue weighted by molar-refractivity contribution is 7.80. The molecule has 0 spiro atoms. The average Bonchev–Trinajstić information content (AvgIpc) is 2.38. The third-order valence-corrected chi connectivity index (χ3v) is 3.34. The van der Waals surface area contributed by atoms with Crippen molar-refractivity contribution >= 4 is 12.6 Å². The van der Waals surface area contributed by atoms with E-state index in [-0.39, 0.29) is 12.5 Å². The lowest BCUT2D eigenvalue weighted by molar-refractivity contribution is 0.281. The van der Waals surface area contributed by atoms with Crippen LogP contribution in [0.25, 0.3) is 0 Å². The Morgan fingerprint density at radius 2 is 1.59 bits per heavy atom. The number of benzene rings is 2. The summed E-state index contributed by atoms with van der Waals surface area (Å²) in [6, 6.07) is 18.3. The first kappa shape index (κ1) is 12.2. The number of rotatable bonds is 4. The fraction of sp³-hybridized carbons (Fsp3) is 0.200. The van der Waals surface area contributed by atoms with Crippen molar-refractivity contribution in [1.29, 1.82) is 0 Å². The summed E-state index contributed by atoms with van der Waals surface area (Å²) in [7, 11) is 0. The number of hydrogen-bond donors (Lipinski definition) is 2. The van der Waals surface area contributed by atoms with Crippen LogP contribution in [-0.2, 0) is 0 Å². The van der Waals surface area contributed by atoms with E-state index in [0.29, 0.717) is 0 Å². The Balaban J connectivity index is 2.39. The molecule has 0 saturated heterocycles. The van der Waals surface area contributed by atoms with Gasteiger partial charge in [0.25, 0.3) is 0 Å². The second-order valence-corrected chi connectivity index (χ2v) is 4.52. The average molecular weight is 244 g/mol. The van der Waals surface area contributed by atoms with Crippen LogP contribution in [0.2, 0.25) is 0 Å². The quantitative estimate of drug-likeness (QED) is 0.789. The zero-order valence-corrected chi connectivity index (χ0v) is 10.5. The number of aliphatic hydroxyl groups is 1. The normalized spacial score (nSPS) is 12.4. The maximum atomic E-state index is 9.23. The zero-order valence-electron chi connectivity index (χ0n) is 9.58. The molecule has 0 aromatic heterocycles.